The maximum Gasteiger partial charge on any atom is 2.00 e. The van der Waals surface area contributed by atoms with Crippen molar-refractivity contribution in [2.75, 3.05) is 35.5 Å². The molecule has 212 valence electrons. The number of hydrogen-bond acceptors (Lipinski definition) is 6. The Bertz CT molecular complexity index is 1050. The van der Waals surface area contributed by atoms with Gasteiger partial charge in [-0.25, -0.2) is 0 Å². The molecule has 0 fully saturated rings. The van der Waals surface area contributed by atoms with Gasteiger partial charge in [0.05, 0.1) is 0 Å². The topological polar surface area (TPSA) is 92.2 Å². The number of benzene rings is 2. The van der Waals surface area contributed by atoms with E-state index in [1.807, 2.05) is 101 Å². The molecular formula is C26H44O4P2S4Zn3. The van der Waals surface area contributed by atoms with Gasteiger partial charge in [-0.2, -0.15) is 0 Å². The Kier molecular flexibility index (Phi) is 21.6. The van der Waals surface area contributed by atoms with Gasteiger partial charge < -0.3 is 55.5 Å². The molecule has 2 aromatic carbocycles. The Labute approximate surface area is 287 Å². The largest absolute Gasteiger partial charge is 2.00 e. The monoisotopic (exact) mass is 802 g/mol. The van der Waals surface area contributed by atoms with E-state index in [2.05, 4.69) is 0 Å². The third-order valence-electron chi connectivity index (χ3n) is 7.12. The fourth-order valence-corrected chi connectivity index (χ4v) is 25.5. The summed E-state index contributed by atoms with van der Waals surface area (Å²) in [6.07, 6.45) is 7.24. The average Bonchev–Trinajstić information content (AvgIpc) is 2.80. The summed E-state index contributed by atoms with van der Waals surface area (Å²) in [6, 6.07) is 19.2. The zero-order valence-electron chi connectivity index (χ0n) is 24.7. The molecule has 0 aliphatic heterocycles. The SMILES string of the molecule is CCCS(C)(CCC)(c1ccccc1)=P([O-])([O-])[S-].CCCS(C)(CCC)(c1ccccc1)=P([O-])([O-])[S-].[Zn+2].[Zn+2].[Zn+2]. The molecule has 2 rings (SSSR count). The first-order valence-electron chi connectivity index (χ1n) is 12.5. The summed E-state index contributed by atoms with van der Waals surface area (Å²) in [7, 11) is -5.51. The second kappa shape index (κ2) is 18.4. The van der Waals surface area contributed by atoms with E-state index in [4.69, 9.17) is 24.5 Å². The summed E-state index contributed by atoms with van der Waals surface area (Å²) >= 11 is 9.99. The van der Waals surface area contributed by atoms with Crippen LogP contribution in [0, 0.1) is 0 Å². The molecule has 0 atom stereocenters. The fraction of sp³-hybridized carbons (Fsp3) is 0.538. The van der Waals surface area contributed by atoms with Crippen molar-refractivity contribution in [2.24, 2.45) is 0 Å². The van der Waals surface area contributed by atoms with Crippen LogP contribution in [-0.2, 0) is 99.6 Å². The van der Waals surface area contributed by atoms with Crippen LogP contribution < -0.4 is 19.6 Å². The molecule has 39 heavy (non-hydrogen) atoms. The van der Waals surface area contributed by atoms with Gasteiger partial charge in [0.15, 0.2) is 0 Å². The van der Waals surface area contributed by atoms with Crippen LogP contribution in [0.25, 0.3) is 0 Å². The molecule has 0 unspecified atom stereocenters. The van der Waals surface area contributed by atoms with Crippen LogP contribution in [0.2, 0.25) is 0 Å². The van der Waals surface area contributed by atoms with Crippen LogP contribution >= 0.6 is 11.4 Å². The van der Waals surface area contributed by atoms with Crippen LogP contribution in [-0.4, -0.2) is 35.5 Å². The summed E-state index contributed by atoms with van der Waals surface area (Å²) in [5.74, 6) is 2.72. The van der Waals surface area contributed by atoms with Crippen molar-refractivity contribution in [3.63, 3.8) is 0 Å². The molecule has 2 aromatic rings. The molecule has 0 aliphatic rings. The van der Waals surface area contributed by atoms with Gasteiger partial charge in [-0.05, 0) is 71.0 Å². The molecular weight excluding hydrogens is 763 g/mol. The van der Waals surface area contributed by atoms with E-state index in [0.717, 1.165) is 35.5 Å². The third kappa shape index (κ3) is 9.70. The molecule has 0 aromatic heterocycles. The van der Waals surface area contributed by atoms with E-state index in [-0.39, 0.29) is 58.4 Å². The predicted molar refractivity (Wildman–Crippen MR) is 165 cm³/mol. The van der Waals surface area contributed by atoms with Gasteiger partial charge in [0.2, 0.25) is 0 Å². The summed E-state index contributed by atoms with van der Waals surface area (Å²) in [4.78, 5) is 51.7. The fourth-order valence-electron chi connectivity index (χ4n) is 5.17. The first kappa shape index (κ1) is 45.8. The summed E-state index contributed by atoms with van der Waals surface area (Å²) in [5.41, 5.74) is -7.66. The Balaban J connectivity index is -0.000000617. The van der Waals surface area contributed by atoms with Crippen LogP contribution in [0.1, 0.15) is 53.4 Å². The molecule has 0 heterocycles. The zero-order valence-corrected chi connectivity index (χ0v) is 38.7. The molecule has 0 radical (unpaired) electrons. The molecule has 13 heteroatoms. The zero-order chi connectivity index (χ0) is 27.8. The summed E-state index contributed by atoms with van der Waals surface area (Å²) < 4.78 is 0. The van der Waals surface area contributed by atoms with E-state index in [1.165, 1.54) is 0 Å². The van der Waals surface area contributed by atoms with E-state index in [1.54, 1.807) is 0 Å². The smallest absolute Gasteiger partial charge is 0.854 e. The molecule has 4 nitrogen and oxygen atoms in total. The Morgan fingerprint density at radius 3 is 0.872 bits per heavy atom. The molecule has 0 aliphatic carbocycles. The quantitative estimate of drug-likeness (QED) is 0.203. The number of hydrogen-bond donors (Lipinski definition) is 0. The Morgan fingerprint density at radius 2 is 0.718 bits per heavy atom. The van der Waals surface area contributed by atoms with Crippen molar-refractivity contribution in [1.82, 2.24) is 0 Å². The minimum absolute atomic E-state index is 0. The van der Waals surface area contributed by atoms with Gasteiger partial charge in [-0.3, -0.25) is 16.7 Å². The Hall–Kier alpha value is 2.41. The van der Waals surface area contributed by atoms with E-state index >= 15 is 0 Å². The van der Waals surface area contributed by atoms with Gasteiger partial charge in [0.25, 0.3) is 0 Å². The summed E-state index contributed by atoms with van der Waals surface area (Å²) in [6.45, 7) is 8.12. The normalized spacial score (nSPS) is 13.9. The summed E-state index contributed by atoms with van der Waals surface area (Å²) in [5, 5.41) is 0. The number of rotatable bonds is 10. The van der Waals surface area contributed by atoms with Crippen LogP contribution in [0.15, 0.2) is 70.5 Å². The van der Waals surface area contributed by atoms with Gasteiger partial charge in [0, 0.05) is 0 Å². The minimum atomic E-state index is -3.83. The van der Waals surface area contributed by atoms with Crippen molar-refractivity contribution in [3.05, 3.63) is 60.7 Å². The van der Waals surface area contributed by atoms with Crippen molar-refractivity contribution in [1.29, 1.82) is 0 Å². The molecule has 0 saturated carbocycles. The second-order valence-corrected chi connectivity index (χ2v) is 35.1. The van der Waals surface area contributed by atoms with Crippen molar-refractivity contribution in [3.8, 4) is 0 Å². The Morgan fingerprint density at radius 1 is 0.513 bits per heavy atom. The maximum atomic E-state index is 12.4. The van der Waals surface area contributed by atoms with Gasteiger partial charge in [0.1, 0.15) is 0 Å². The van der Waals surface area contributed by atoms with Gasteiger partial charge in [-0.15, -0.1) is 0 Å². The van der Waals surface area contributed by atoms with Crippen molar-refractivity contribution in [2.45, 2.75) is 63.2 Å². The van der Waals surface area contributed by atoms with Crippen molar-refractivity contribution < 1.29 is 78.0 Å². The van der Waals surface area contributed by atoms with Crippen LogP contribution in [0.5, 0.6) is 0 Å². The predicted octanol–water partition coefficient (Wildman–Crippen LogP) is 4.25. The molecule has 0 spiro atoms. The first-order valence-corrected chi connectivity index (χ1v) is 24.6. The van der Waals surface area contributed by atoms with Crippen molar-refractivity contribution >= 4 is 52.6 Å². The maximum absolute atomic E-state index is 12.4. The third-order valence-corrected chi connectivity index (χ3v) is 38.0. The standard InChI is InChI=1S/2C13H22O2PS2.3Zn/c2*1-4-11-18(3,12-5-2,16(14,15)17)13-9-7-6-8-10-13;;;/h2*6-10H,4-5,11-12H2,1-3H3;;;/q2*-3;3*+2. The molecule has 0 bridgehead atoms. The van der Waals surface area contributed by atoms with Crippen LogP contribution in [0.3, 0.4) is 0 Å². The van der Waals surface area contributed by atoms with Gasteiger partial charge >= 0.3 is 58.4 Å². The van der Waals surface area contributed by atoms with Gasteiger partial charge in [-0.1, -0.05) is 88.4 Å². The first-order chi connectivity index (χ1) is 16.6. The molecule has 0 saturated heterocycles. The van der Waals surface area contributed by atoms with E-state index < -0.39 is 28.1 Å². The average molecular weight is 807 g/mol. The van der Waals surface area contributed by atoms with E-state index in [9.17, 15) is 19.6 Å². The minimum Gasteiger partial charge on any atom is -0.854 e. The second-order valence-electron chi connectivity index (χ2n) is 9.95. The van der Waals surface area contributed by atoms with E-state index in [0.29, 0.717) is 23.0 Å². The van der Waals surface area contributed by atoms with Crippen LogP contribution in [0.4, 0.5) is 0 Å². The molecule has 0 amide bonds. The molecule has 0 N–H and O–H groups in total.